The predicted molar refractivity (Wildman–Crippen MR) is 87.4 cm³/mol. The van der Waals surface area contributed by atoms with Gasteiger partial charge >= 0.3 is 5.97 Å². The molecule has 2 aromatic rings. The second-order valence-electron chi connectivity index (χ2n) is 5.55. The molecule has 0 spiro atoms. The summed E-state index contributed by atoms with van der Waals surface area (Å²) in [4.78, 5) is 11.7. The van der Waals surface area contributed by atoms with Gasteiger partial charge in [-0.3, -0.25) is 4.79 Å². The molecule has 0 bridgehead atoms. The van der Waals surface area contributed by atoms with Crippen LogP contribution in [0, 0.1) is 12.7 Å². The Hall–Kier alpha value is -2.36. The number of hydrogen-bond acceptors (Lipinski definition) is 2. The van der Waals surface area contributed by atoms with Crippen molar-refractivity contribution in [3.05, 3.63) is 65.0 Å². The molecular weight excluding hydrogens is 295 g/mol. The standard InChI is InChI=1S/C19H21FO3/c1-3-10-23-15-8-9-16(13(2)11-15)17(19(21)22)12-14-6-4-5-7-18(14)20/h4-9,11,17H,3,10,12H2,1-2H3,(H,21,22). The van der Waals surface area contributed by atoms with Gasteiger partial charge in [0.25, 0.3) is 0 Å². The average molecular weight is 316 g/mol. The maximum atomic E-state index is 13.8. The molecule has 23 heavy (non-hydrogen) atoms. The maximum absolute atomic E-state index is 13.8. The van der Waals surface area contributed by atoms with E-state index in [-0.39, 0.29) is 12.2 Å². The van der Waals surface area contributed by atoms with Gasteiger partial charge in [-0.25, -0.2) is 4.39 Å². The summed E-state index contributed by atoms with van der Waals surface area (Å²) in [7, 11) is 0. The van der Waals surface area contributed by atoms with E-state index in [0.29, 0.717) is 17.7 Å². The van der Waals surface area contributed by atoms with Crippen LogP contribution in [0.25, 0.3) is 0 Å². The van der Waals surface area contributed by atoms with E-state index in [0.717, 1.165) is 17.7 Å². The Bertz CT molecular complexity index is 682. The molecule has 2 aromatic carbocycles. The summed E-state index contributed by atoms with van der Waals surface area (Å²) >= 11 is 0. The average Bonchev–Trinajstić information content (AvgIpc) is 2.52. The van der Waals surface area contributed by atoms with Crippen LogP contribution in [0.3, 0.4) is 0 Å². The van der Waals surface area contributed by atoms with Gasteiger partial charge < -0.3 is 9.84 Å². The first-order valence-corrected chi connectivity index (χ1v) is 7.72. The smallest absolute Gasteiger partial charge is 0.311 e. The topological polar surface area (TPSA) is 46.5 Å². The van der Waals surface area contributed by atoms with Crippen molar-refractivity contribution in [1.29, 1.82) is 0 Å². The van der Waals surface area contributed by atoms with E-state index in [2.05, 4.69) is 0 Å². The lowest BCUT2D eigenvalue weighted by Crippen LogP contribution is -2.16. The first kappa shape index (κ1) is 17.0. The van der Waals surface area contributed by atoms with Crippen LogP contribution < -0.4 is 4.74 Å². The quantitative estimate of drug-likeness (QED) is 0.827. The summed E-state index contributed by atoms with van der Waals surface area (Å²) < 4.78 is 19.4. The minimum absolute atomic E-state index is 0.123. The molecule has 0 saturated heterocycles. The number of rotatable bonds is 7. The molecule has 0 radical (unpaired) electrons. The van der Waals surface area contributed by atoms with E-state index in [9.17, 15) is 14.3 Å². The molecule has 0 aliphatic heterocycles. The van der Waals surface area contributed by atoms with Gasteiger partial charge in [0.1, 0.15) is 11.6 Å². The monoisotopic (exact) mass is 316 g/mol. The molecule has 0 fully saturated rings. The first-order valence-electron chi connectivity index (χ1n) is 7.72. The Labute approximate surface area is 135 Å². The largest absolute Gasteiger partial charge is 0.494 e. The molecule has 0 aliphatic carbocycles. The van der Waals surface area contributed by atoms with E-state index in [1.165, 1.54) is 6.07 Å². The molecule has 4 heteroatoms. The van der Waals surface area contributed by atoms with Crippen LogP contribution in [0.5, 0.6) is 5.75 Å². The van der Waals surface area contributed by atoms with Crippen LogP contribution in [0.15, 0.2) is 42.5 Å². The fourth-order valence-corrected chi connectivity index (χ4v) is 2.56. The Morgan fingerprint density at radius 2 is 2.00 bits per heavy atom. The zero-order chi connectivity index (χ0) is 16.8. The third-order valence-corrected chi connectivity index (χ3v) is 3.77. The van der Waals surface area contributed by atoms with Crippen molar-refractivity contribution < 1.29 is 19.0 Å². The molecule has 1 N–H and O–H groups in total. The van der Waals surface area contributed by atoms with Crippen molar-refractivity contribution in [1.82, 2.24) is 0 Å². The molecule has 122 valence electrons. The number of aliphatic carboxylic acids is 1. The van der Waals surface area contributed by atoms with Crippen molar-refractivity contribution >= 4 is 5.97 Å². The zero-order valence-corrected chi connectivity index (χ0v) is 13.4. The maximum Gasteiger partial charge on any atom is 0.311 e. The van der Waals surface area contributed by atoms with Crippen LogP contribution in [0.1, 0.15) is 36.0 Å². The lowest BCUT2D eigenvalue weighted by Gasteiger charge is -2.17. The number of halogens is 1. The number of aryl methyl sites for hydroxylation is 1. The SMILES string of the molecule is CCCOc1ccc(C(Cc2ccccc2F)C(=O)O)c(C)c1. The van der Waals surface area contributed by atoms with Gasteiger partial charge in [0.2, 0.25) is 0 Å². The lowest BCUT2D eigenvalue weighted by atomic mass is 9.89. The third kappa shape index (κ3) is 4.31. The Morgan fingerprint density at radius 1 is 1.26 bits per heavy atom. The summed E-state index contributed by atoms with van der Waals surface area (Å²) in [6, 6.07) is 11.7. The Kier molecular flexibility index (Phi) is 5.74. The third-order valence-electron chi connectivity index (χ3n) is 3.77. The van der Waals surface area contributed by atoms with Crippen molar-refractivity contribution in [3.63, 3.8) is 0 Å². The van der Waals surface area contributed by atoms with Gasteiger partial charge in [-0.15, -0.1) is 0 Å². The van der Waals surface area contributed by atoms with Crippen molar-refractivity contribution in [2.45, 2.75) is 32.6 Å². The Morgan fingerprint density at radius 3 is 2.61 bits per heavy atom. The minimum atomic E-state index is -0.960. The van der Waals surface area contributed by atoms with Crippen LogP contribution in [-0.2, 0) is 11.2 Å². The van der Waals surface area contributed by atoms with Crippen molar-refractivity contribution in [2.75, 3.05) is 6.61 Å². The van der Waals surface area contributed by atoms with Crippen LogP contribution in [0.2, 0.25) is 0 Å². The van der Waals surface area contributed by atoms with Crippen LogP contribution >= 0.6 is 0 Å². The van der Waals surface area contributed by atoms with Crippen molar-refractivity contribution in [3.8, 4) is 5.75 Å². The summed E-state index contributed by atoms with van der Waals surface area (Å²) in [6.07, 6.45) is 1.03. The molecule has 1 atom stereocenters. The lowest BCUT2D eigenvalue weighted by molar-refractivity contribution is -0.138. The molecule has 0 saturated carbocycles. The molecule has 0 aromatic heterocycles. The molecule has 0 aliphatic rings. The van der Waals surface area contributed by atoms with Gasteiger partial charge in [0.05, 0.1) is 12.5 Å². The molecular formula is C19H21FO3. The molecule has 0 amide bonds. The predicted octanol–water partition coefficient (Wildman–Crippen LogP) is 4.33. The fourth-order valence-electron chi connectivity index (χ4n) is 2.56. The highest BCUT2D eigenvalue weighted by Crippen LogP contribution is 2.28. The van der Waals surface area contributed by atoms with Gasteiger partial charge in [-0.1, -0.05) is 31.2 Å². The highest BCUT2D eigenvalue weighted by atomic mass is 19.1. The normalized spacial score (nSPS) is 12.0. The van der Waals surface area contributed by atoms with E-state index < -0.39 is 11.9 Å². The number of carboxylic acid groups (broad SMARTS) is 1. The number of carbonyl (C=O) groups is 1. The van der Waals surface area contributed by atoms with Gasteiger partial charge in [-0.05, 0) is 54.7 Å². The number of carboxylic acids is 1. The molecule has 1 unspecified atom stereocenters. The second kappa shape index (κ2) is 7.77. The van der Waals surface area contributed by atoms with Crippen molar-refractivity contribution in [2.24, 2.45) is 0 Å². The van der Waals surface area contributed by atoms with E-state index in [1.807, 2.05) is 19.9 Å². The number of benzene rings is 2. The van der Waals surface area contributed by atoms with Gasteiger partial charge in [0, 0.05) is 0 Å². The zero-order valence-electron chi connectivity index (χ0n) is 13.4. The summed E-state index contributed by atoms with van der Waals surface area (Å²) in [6.45, 7) is 4.50. The Balaban J connectivity index is 2.27. The highest BCUT2D eigenvalue weighted by Gasteiger charge is 2.23. The molecule has 2 rings (SSSR count). The van der Waals surface area contributed by atoms with Crippen LogP contribution in [-0.4, -0.2) is 17.7 Å². The van der Waals surface area contributed by atoms with E-state index in [4.69, 9.17) is 4.74 Å². The fraction of sp³-hybridized carbons (Fsp3) is 0.316. The van der Waals surface area contributed by atoms with E-state index in [1.54, 1.807) is 30.3 Å². The molecule has 0 heterocycles. The van der Waals surface area contributed by atoms with Gasteiger partial charge in [0.15, 0.2) is 0 Å². The van der Waals surface area contributed by atoms with Crippen LogP contribution in [0.4, 0.5) is 4.39 Å². The number of ether oxygens (including phenoxy) is 1. The highest BCUT2D eigenvalue weighted by molar-refractivity contribution is 5.77. The van der Waals surface area contributed by atoms with E-state index >= 15 is 0 Å². The summed E-state index contributed by atoms with van der Waals surface area (Å²) in [5, 5.41) is 9.56. The number of hydrogen-bond donors (Lipinski definition) is 1. The first-order chi connectivity index (χ1) is 11.0. The summed E-state index contributed by atoms with van der Waals surface area (Å²) in [5.41, 5.74) is 1.93. The van der Waals surface area contributed by atoms with Gasteiger partial charge in [-0.2, -0.15) is 0 Å². The summed E-state index contributed by atoms with van der Waals surface area (Å²) in [5.74, 6) is -1.40. The molecule has 3 nitrogen and oxygen atoms in total. The second-order valence-corrected chi connectivity index (χ2v) is 5.55. The minimum Gasteiger partial charge on any atom is -0.494 e.